The highest BCUT2D eigenvalue weighted by molar-refractivity contribution is 7.71. The molecule has 22 nitrogen and oxygen atoms in total. The molecule has 6 aromatic heterocycles. The molecule has 8 heterocycles. The first-order valence-corrected chi connectivity index (χ1v) is 29.1. The third-order valence-electron chi connectivity index (χ3n) is 16.2. The van der Waals surface area contributed by atoms with E-state index in [4.69, 9.17) is 69.8 Å². The van der Waals surface area contributed by atoms with Gasteiger partial charge in [0.2, 0.25) is 9.54 Å². The van der Waals surface area contributed by atoms with Gasteiger partial charge in [-0.05, 0) is 110 Å². The van der Waals surface area contributed by atoms with Crippen LogP contribution in [-0.2, 0) is 19.7 Å². The summed E-state index contributed by atoms with van der Waals surface area (Å²) in [6.07, 6.45) is 3.79. The maximum atomic E-state index is 13.6. The maximum Gasteiger partial charge on any atom is 0.267 e. The summed E-state index contributed by atoms with van der Waals surface area (Å²) in [4.78, 5) is 62.1. The number of anilines is 4. The molecule has 0 radical (unpaired) electrons. The number of pyridine rings is 2. The van der Waals surface area contributed by atoms with E-state index < -0.39 is 0 Å². The minimum absolute atomic E-state index is 0.150. The number of likely N-dealkylation sites (N-methyl/N-ethyl adjacent to an activating group) is 2. The number of nitrogen functional groups attached to an aromatic ring is 2. The largest absolute Gasteiger partial charge is 0.493 e. The number of ether oxygens (including phenoxy) is 4. The highest BCUT2D eigenvalue weighted by Crippen LogP contribution is 2.37. The number of aromatic nitrogens is 8. The lowest BCUT2D eigenvalue weighted by Crippen LogP contribution is -2.45. The first-order valence-electron chi connectivity index (χ1n) is 28.3. The fraction of sp³-hybridized carbons (Fsp3) is 0.290. The van der Waals surface area contributed by atoms with Gasteiger partial charge in [-0.1, -0.05) is 18.2 Å². The summed E-state index contributed by atoms with van der Waals surface area (Å²) in [5.74, 6) is 3.96. The average Bonchev–Trinajstić information content (AvgIpc) is 2.96. The molecule has 86 heavy (non-hydrogen) atoms. The second-order valence-electron chi connectivity index (χ2n) is 21.6. The van der Waals surface area contributed by atoms with E-state index in [-0.39, 0.29) is 47.6 Å². The average molecular weight is 1200 g/mol. The topological polar surface area (TPSA) is 253 Å². The molecule has 0 saturated carbocycles. The Morgan fingerprint density at radius 2 is 1.08 bits per heavy atom. The second kappa shape index (κ2) is 24.3. The van der Waals surface area contributed by atoms with Gasteiger partial charge in [0.05, 0.1) is 32.4 Å². The van der Waals surface area contributed by atoms with Crippen LogP contribution in [0.3, 0.4) is 0 Å². The number of carbonyl (C=O) groups excluding carboxylic acids is 2. The Morgan fingerprint density at radius 1 is 0.558 bits per heavy atom. The minimum atomic E-state index is -0.286. The molecule has 8 N–H and O–H groups in total. The maximum absolute atomic E-state index is 13.6. The molecule has 442 valence electrons. The molecule has 0 aliphatic carbocycles. The van der Waals surface area contributed by atoms with Crippen LogP contribution in [0.25, 0.3) is 65.9 Å². The Kier molecular flexibility index (Phi) is 16.1. The van der Waals surface area contributed by atoms with Crippen molar-refractivity contribution in [1.29, 1.82) is 0 Å². The van der Waals surface area contributed by atoms with Crippen LogP contribution < -0.4 is 50.8 Å². The van der Waals surface area contributed by atoms with Gasteiger partial charge in [0, 0.05) is 152 Å². The van der Waals surface area contributed by atoms with Crippen LogP contribution in [0.1, 0.15) is 26.5 Å². The summed E-state index contributed by atoms with van der Waals surface area (Å²) in [6, 6.07) is 29.1. The van der Waals surface area contributed by atoms with Crippen molar-refractivity contribution >= 4 is 103 Å². The van der Waals surface area contributed by atoms with Crippen molar-refractivity contribution in [1.82, 2.24) is 59.5 Å². The van der Waals surface area contributed by atoms with E-state index in [0.29, 0.717) is 74.4 Å². The molecule has 12 rings (SSSR count). The number of benzene rings is 4. The number of nitrogens with zero attached hydrogens (tertiary/aromatic N) is 10. The number of nitrogens with one attached hydrogen (secondary N) is 4. The minimum Gasteiger partial charge on any atom is -0.493 e. The van der Waals surface area contributed by atoms with Gasteiger partial charge in [-0.2, -0.15) is 0 Å². The summed E-state index contributed by atoms with van der Waals surface area (Å²) in [5.41, 5.74) is 21.6. The van der Waals surface area contributed by atoms with Crippen molar-refractivity contribution < 1.29 is 28.5 Å². The predicted octanol–water partition coefficient (Wildman–Crippen LogP) is 8.06. The SMILES string of the molecule is COc1cc2nc(=S)n(CCNC(=O)c3cc4ccc(-c5cnc(N6CCN(C)CC6)c(COc6cc7nc(=S)n(CCNC(=O)c8cc9cc(-c%10ccc(N%11CCN(C)CC%11)nc%10)ccc9[nH]8)c(N)c7cc6OC)c5)cc4[nH]3)c(N)c2cc1OC. The zero-order chi connectivity index (χ0) is 59.8. The van der Waals surface area contributed by atoms with Crippen LogP contribution in [0.2, 0.25) is 0 Å². The molecule has 0 atom stereocenters. The lowest BCUT2D eigenvalue weighted by molar-refractivity contribution is 0.0940. The van der Waals surface area contributed by atoms with Crippen molar-refractivity contribution in [2.75, 3.05) is 122 Å². The molecule has 2 aliphatic rings. The van der Waals surface area contributed by atoms with Gasteiger partial charge in [-0.15, -0.1) is 0 Å². The fourth-order valence-electron chi connectivity index (χ4n) is 11.2. The molecule has 2 amide bonds. The highest BCUT2D eigenvalue weighted by atomic mass is 32.1. The smallest absolute Gasteiger partial charge is 0.267 e. The van der Waals surface area contributed by atoms with Crippen molar-refractivity contribution in [2.45, 2.75) is 19.7 Å². The summed E-state index contributed by atoms with van der Waals surface area (Å²) < 4.78 is 27.4. The second-order valence-corrected chi connectivity index (χ2v) is 22.3. The van der Waals surface area contributed by atoms with Crippen molar-refractivity contribution in [3.05, 3.63) is 130 Å². The Morgan fingerprint density at radius 3 is 1.69 bits per heavy atom. The number of H-pyrrole nitrogens is 2. The number of rotatable bonds is 18. The van der Waals surface area contributed by atoms with E-state index in [1.807, 2.05) is 54.9 Å². The van der Waals surface area contributed by atoms with E-state index in [9.17, 15) is 9.59 Å². The monoisotopic (exact) mass is 1190 g/mol. The molecular weight excluding hydrogens is 1130 g/mol. The van der Waals surface area contributed by atoms with Gasteiger partial charge in [0.15, 0.2) is 23.0 Å². The van der Waals surface area contributed by atoms with Gasteiger partial charge < -0.3 is 79.8 Å². The summed E-state index contributed by atoms with van der Waals surface area (Å²) in [6.45, 7) is 8.50. The molecule has 2 saturated heterocycles. The Balaban J connectivity index is 0.715. The standard InChI is InChI=1S/C62H66N16O6S2/c1-73-16-20-75(21-17-73)55-11-9-39(33-67-55)36-8-10-45-40(24-36)28-50(69-45)60(80)66-13-15-78-57(64)44-30-52(82-4)54(32-48(44)72-62(78)86)84-35-42-25-41(34-68-58(42)76-22-18-74(2)19-23-76)37-6-7-38-27-49(70-46(38)26-37)59(79)65-12-14-77-56(63)43-29-51(81-3)53(83-5)31-47(43)71-61(77)85/h6-11,24-34,69-70H,12-23,35,63-64H2,1-5H3,(H,65,79)(H,66,80). The Hall–Kier alpha value is -9.36. The van der Waals surface area contributed by atoms with Crippen LogP contribution in [0.4, 0.5) is 23.3 Å². The Bertz CT molecular complexity index is 4360. The molecule has 24 heteroatoms. The molecule has 4 aromatic carbocycles. The zero-order valence-corrected chi connectivity index (χ0v) is 50.0. The van der Waals surface area contributed by atoms with E-state index in [0.717, 1.165) is 114 Å². The third kappa shape index (κ3) is 11.6. The first kappa shape index (κ1) is 57.1. The van der Waals surface area contributed by atoms with Gasteiger partial charge in [0.25, 0.3) is 11.8 Å². The lowest BCUT2D eigenvalue weighted by atomic mass is 10.0. The van der Waals surface area contributed by atoms with Crippen LogP contribution in [0.15, 0.2) is 103 Å². The van der Waals surface area contributed by atoms with Crippen molar-refractivity contribution in [3.8, 4) is 45.3 Å². The number of hydrogen-bond acceptors (Lipinski definition) is 18. The first-order chi connectivity index (χ1) is 41.7. The number of amides is 2. The number of carbonyl (C=O) groups is 2. The predicted molar refractivity (Wildman–Crippen MR) is 341 cm³/mol. The molecule has 2 aliphatic heterocycles. The molecule has 0 bridgehead atoms. The Labute approximate surface area is 505 Å². The van der Waals surface area contributed by atoms with Gasteiger partial charge >= 0.3 is 0 Å². The number of piperazine rings is 2. The molecule has 0 unspecified atom stereocenters. The quantitative estimate of drug-likeness (QED) is 0.0444. The van der Waals surface area contributed by atoms with Crippen LogP contribution in [0.5, 0.6) is 23.0 Å². The van der Waals surface area contributed by atoms with Gasteiger partial charge in [-0.3, -0.25) is 9.59 Å². The van der Waals surface area contributed by atoms with Crippen molar-refractivity contribution in [3.63, 3.8) is 0 Å². The van der Waals surface area contributed by atoms with E-state index in [1.54, 1.807) is 54.7 Å². The normalized spacial score (nSPS) is 14.1. The van der Waals surface area contributed by atoms with E-state index >= 15 is 0 Å². The van der Waals surface area contributed by atoms with Crippen LogP contribution >= 0.6 is 24.4 Å². The van der Waals surface area contributed by atoms with Crippen molar-refractivity contribution in [2.24, 2.45) is 0 Å². The summed E-state index contributed by atoms with van der Waals surface area (Å²) in [7, 11) is 8.94. The molecule has 10 aromatic rings. The highest BCUT2D eigenvalue weighted by Gasteiger charge is 2.23. The van der Waals surface area contributed by atoms with Crippen LogP contribution in [0, 0.1) is 9.54 Å². The lowest BCUT2D eigenvalue weighted by Gasteiger charge is -2.34. The third-order valence-corrected chi connectivity index (χ3v) is 16.8. The fourth-order valence-corrected chi connectivity index (χ4v) is 11.7. The number of methoxy groups -OCH3 is 3. The summed E-state index contributed by atoms with van der Waals surface area (Å²) >= 11 is 11.4. The number of aromatic amines is 2. The molecule has 2 fully saturated rings. The molecular formula is C62H66N16O6S2. The molecule has 0 spiro atoms. The van der Waals surface area contributed by atoms with Gasteiger partial charge in [0.1, 0.15) is 41.3 Å². The summed E-state index contributed by atoms with van der Waals surface area (Å²) in [5, 5.41) is 9.06. The number of fused-ring (bicyclic) bond motifs is 4. The number of nitrogens with two attached hydrogens (primary N) is 2. The number of hydrogen-bond donors (Lipinski definition) is 6. The zero-order valence-electron chi connectivity index (χ0n) is 48.4. The van der Waals surface area contributed by atoms with E-state index in [1.165, 1.54) is 0 Å². The van der Waals surface area contributed by atoms with Crippen LogP contribution in [-0.4, -0.2) is 162 Å². The van der Waals surface area contributed by atoms with Gasteiger partial charge in [-0.25, -0.2) is 19.9 Å². The van der Waals surface area contributed by atoms with E-state index in [2.05, 4.69) is 83.5 Å².